The van der Waals surface area contributed by atoms with E-state index in [0.717, 1.165) is 27.2 Å². The molecule has 1 N–H and O–H groups in total. The first kappa shape index (κ1) is 17.2. The lowest BCUT2D eigenvalue weighted by molar-refractivity contribution is -0.157. The van der Waals surface area contributed by atoms with E-state index in [0.29, 0.717) is 0 Å². The zero-order valence-electron chi connectivity index (χ0n) is 15.7. The number of hydrogen-bond acceptors (Lipinski definition) is 3. The maximum Gasteiger partial charge on any atom is 0.327 e. The molecule has 0 saturated carbocycles. The molecule has 2 unspecified atom stereocenters. The van der Waals surface area contributed by atoms with E-state index >= 15 is 0 Å². The highest BCUT2D eigenvalue weighted by molar-refractivity contribution is 6.10. The summed E-state index contributed by atoms with van der Waals surface area (Å²) < 4.78 is 0. The van der Waals surface area contributed by atoms with Gasteiger partial charge in [0.2, 0.25) is 11.8 Å². The van der Waals surface area contributed by atoms with Crippen molar-refractivity contribution in [2.75, 3.05) is 0 Å². The SMILES string of the molecule is CC(C)[C@@H](C(=O)O)N1C(=O)C2C3c4ccccc4C(c4ccccc43)C2C1=O. The summed E-state index contributed by atoms with van der Waals surface area (Å²) >= 11 is 0. The highest BCUT2D eigenvalue weighted by atomic mass is 16.4. The van der Waals surface area contributed by atoms with Gasteiger partial charge in [-0.25, -0.2) is 4.79 Å². The maximum atomic E-state index is 13.5. The van der Waals surface area contributed by atoms with Crippen LogP contribution >= 0.6 is 0 Å². The van der Waals surface area contributed by atoms with E-state index < -0.39 is 23.8 Å². The van der Waals surface area contributed by atoms with Gasteiger partial charge in [-0.15, -0.1) is 0 Å². The van der Waals surface area contributed by atoms with E-state index in [1.807, 2.05) is 48.5 Å². The molecular weight excluding hydrogens is 354 g/mol. The number of imide groups is 1. The lowest BCUT2D eigenvalue weighted by atomic mass is 9.55. The fourth-order valence-corrected chi connectivity index (χ4v) is 5.67. The summed E-state index contributed by atoms with van der Waals surface area (Å²) in [6, 6.07) is 14.9. The first-order valence-electron chi connectivity index (χ1n) is 9.70. The van der Waals surface area contributed by atoms with E-state index in [9.17, 15) is 19.5 Å². The molecule has 2 amide bonds. The van der Waals surface area contributed by atoms with Crippen LogP contribution in [0.5, 0.6) is 0 Å². The molecule has 5 heteroatoms. The third-order valence-corrected chi connectivity index (χ3v) is 6.65. The van der Waals surface area contributed by atoms with Crippen LogP contribution < -0.4 is 0 Å². The highest BCUT2D eigenvalue weighted by Gasteiger charge is 2.63. The second-order valence-electron chi connectivity index (χ2n) is 8.34. The van der Waals surface area contributed by atoms with Gasteiger partial charge in [-0.05, 0) is 28.2 Å². The zero-order valence-corrected chi connectivity index (χ0v) is 15.7. The van der Waals surface area contributed by atoms with Gasteiger partial charge in [0.1, 0.15) is 6.04 Å². The third-order valence-electron chi connectivity index (χ3n) is 6.65. The molecule has 2 aromatic rings. The predicted molar refractivity (Wildman–Crippen MR) is 102 cm³/mol. The Morgan fingerprint density at radius 3 is 1.46 bits per heavy atom. The Balaban J connectivity index is 1.72. The Kier molecular flexibility index (Phi) is 3.54. The quantitative estimate of drug-likeness (QED) is 0.837. The van der Waals surface area contributed by atoms with E-state index in [1.54, 1.807) is 13.8 Å². The molecule has 3 aliphatic carbocycles. The Labute approximate surface area is 163 Å². The summed E-state index contributed by atoms with van der Waals surface area (Å²) in [6.45, 7) is 3.47. The Hall–Kier alpha value is -2.95. The minimum atomic E-state index is -1.13. The lowest BCUT2D eigenvalue weighted by Crippen LogP contribution is -2.48. The van der Waals surface area contributed by atoms with E-state index in [-0.39, 0.29) is 29.6 Å². The van der Waals surface area contributed by atoms with Gasteiger partial charge in [-0.3, -0.25) is 14.5 Å². The number of nitrogens with zero attached hydrogens (tertiary/aromatic N) is 1. The van der Waals surface area contributed by atoms with Gasteiger partial charge in [-0.2, -0.15) is 0 Å². The molecule has 1 heterocycles. The summed E-state index contributed by atoms with van der Waals surface area (Å²) in [5, 5.41) is 9.72. The van der Waals surface area contributed by atoms with Gasteiger partial charge in [0.25, 0.3) is 0 Å². The van der Waals surface area contributed by atoms with Crippen LogP contribution in [0.3, 0.4) is 0 Å². The van der Waals surface area contributed by atoms with Crippen LogP contribution in [0.15, 0.2) is 48.5 Å². The molecule has 1 aliphatic heterocycles. The van der Waals surface area contributed by atoms with Gasteiger partial charge >= 0.3 is 5.97 Å². The van der Waals surface area contributed by atoms with E-state index in [1.165, 1.54) is 0 Å². The normalized spacial score (nSPS) is 28.2. The van der Waals surface area contributed by atoms with Crippen molar-refractivity contribution in [1.29, 1.82) is 0 Å². The van der Waals surface area contributed by atoms with Crippen LogP contribution in [0.4, 0.5) is 0 Å². The average Bonchev–Trinajstić information content (AvgIpc) is 2.93. The maximum absolute atomic E-state index is 13.5. The standard InChI is InChI=1S/C23H21NO4/c1-11(2)20(23(27)28)24-21(25)18-16-12-7-3-4-8-13(12)17(19(18)22(24)26)15-10-6-5-9-14(15)16/h3-11,16-20H,1-2H3,(H,27,28)/t16?,17?,18?,19?,20-/m0/s1. The van der Waals surface area contributed by atoms with Crippen LogP contribution in [0, 0.1) is 17.8 Å². The zero-order chi connectivity index (χ0) is 19.7. The van der Waals surface area contributed by atoms with Crippen molar-refractivity contribution in [3.8, 4) is 0 Å². The Bertz CT molecular complexity index is 911. The van der Waals surface area contributed by atoms with Gasteiger partial charge in [0.05, 0.1) is 11.8 Å². The molecule has 0 aromatic heterocycles. The number of amides is 2. The van der Waals surface area contributed by atoms with Gasteiger partial charge in [0, 0.05) is 11.8 Å². The fraction of sp³-hybridized carbons (Fsp3) is 0.348. The lowest BCUT2D eigenvalue weighted by Gasteiger charge is -2.45. The van der Waals surface area contributed by atoms with Crippen LogP contribution in [0.2, 0.25) is 0 Å². The molecule has 4 aliphatic rings. The first-order valence-corrected chi connectivity index (χ1v) is 9.70. The van der Waals surface area contributed by atoms with Gasteiger partial charge in [-0.1, -0.05) is 62.4 Å². The average molecular weight is 375 g/mol. The third kappa shape index (κ3) is 1.99. The second-order valence-corrected chi connectivity index (χ2v) is 8.34. The van der Waals surface area contributed by atoms with Crippen molar-refractivity contribution < 1.29 is 19.5 Å². The molecule has 28 heavy (non-hydrogen) atoms. The molecule has 0 spiro atoms. The summed E-state index contributed by atoms with van der Waals surface area (Å²) in [5.74, 6) is -3.61. The number of benzene rings is 2. The largest absolute Gasteiger partial charge is 0.480 e. The number of carbonyl (C=O) groups is 3. The Morgan fingerprint density at radius 1 is 0.821 bits per heavy atom. The summed E-state index contributed by atoms with van der Waals surface area (Å²) in [4.78, 5) is 39.9. The molecule has 1 fully saturated rings. The van der Waals surface area contributed by atoms with Crippen molar-refractivity contribution in [1.82, 2.24) is 4.90 Å². The van der Waals surface area contributed by atoms with E-state index in [2.05, 4.69) is 0 Å². The summed E-state index contributed by atoms with van der Waals surface area (Å²) in [6.07, 6.45) is 0. The van der Waals surface area contributed by atoms with Gasteiger partial charge < -0.3 is 5.11 Å². The Morgan fingerprint density at radius 2 is 1.18 bits per heavy atom. The van der Waals surface area contributed by atoms with Crippen molar-refractivity contribution >= 4 is 17.8 Å². The highest BCUT2D eigenvalue weighted by Crippen LogP contribution is 2.61. The number of aliphatic carboxylic acids is 1. The second kappa shape index (κ2) is 5.77. The monoisotopic (exact) mass is 375 g/mol. The van der Waals surface area contributed by atoms with Crippen molar-refractivity contribution in [3.05, 3.63) is 70.8 Å². The summed E-state index contributed by atoms with van der Waals surface area (Å²) in [5.41, 5.74) is 4.36. The topological polar surface area (TPSA) is 74.7 Å². The molecule has 142 valence electrons. The van der Waals surface area contributed by atoms with Crippen LogP contribution in [0.25, 0.3) is 0 Å². The smallest absolute Gasteiger partial charge is 0.327 e. The van der Waals surface area contributed by atoms with Crippen LogP contribution in [-0.2, 0) is 14.4 Å². The number of hydrogen-bond donors (Lipinski definition) is 1. The minimum absolute atomic E-state index is 0.203. The first-order chi connectivity index (χ1) is 13.4. The molecule has 6 rings (SSSR count). The fourth-order valence-electron chi connectivity index (χ4n) is 5.67. The molecular formula is C23H21NO4. The van der Waals surface area contributed by atoms with E-state index in [4.69, 9.17) is 0 Å². The molecule has 3 atom stereocenters. The predicted octanol–water partition coefficient (Wildman–Crippen LogP) is 2.99. The number of carboxylic acid groups (broad SMARTS) is 1. The van der Waals surface area contributed by atoms with Crippen LogP contribution in [0.1, 0.15) is 47.9 Å². The molecule has 2 bridgehead atoms. The van der Waals surface area contributed by atoms with Crippen LogP contribution in [-0.4, -0.2) is 33.8 Å². The molecule has 1 saturated heterocycles. The summed E-state index contributed by atoms with van der Waals surface area (Å²) in [7, 11) is 0. The molecule has 2 aromatic carbocycles. The minimum Gasteiger partial charge on any atom is -0.480 e. The number of rotatable bonds is 3. The number of likely N-dealkylation sites (tertiary alicyclic amines) is 1. The molecule has 5 nitrogen and oxygen atoms in total. The number of carboxylic acids is 1. The molecule has 0 radical (unpaired) electrons. The van der Waals surface area contributed by atoms with Gasteiger partial charge in [0.15, 0.2) is 0 Å². The van der Waals surface area contributed by atoms with Crippen molar-refractivity contribution in [2.45, 2.75) is 31.7 Å². The van der Waals surface area contributed by atoms with Crippen molar-refractivity contribution in [2.24, 2.45) is 17.8 Å². The van der Waals surface area contributed by atoms with Crippen molar-refractivity contribution in [3.63, 3.8) is 0 Å². The number of carbonyl (C=O) groups excluding carboxylic acids is 2.